The summed E-state index contributed by atoms with van der Waals surface area (Å²) < 4.78 is 12.9. The monoisotopic (exact) mass is 370 g/mol. The van der Waals surface area contributed by atoms with Crippen molar-refractivity contribution in [2.75, 3.05) is 11.9 Å². The molecule has 0 aliphatic carbocycles. The van der Waals surface area contributed by atoms with Crippen LogP contribution in [0, 0.1) is 0 Å². The van der Waals surface area contributed by atoms with Crippen LogP contribution >= 0.6 is 0 Å². The van der Waals surface area contributed by atoms with Gasteiger partial charge in [-0.25, -0.2) is 9.48 Å². The van der Waals surface area contributed by atoms with E-state index in [4.69, 9.17) is 9.47 Å². The van der Waals surface area contributed by atoms with Gasteiger partial charge in [0, 0.05) is 5.70 Å². The standard InChI is InChI=1S/C20H26N4O3/c1-5-6-11-26-16-9-7-15(8-10-16)18-17(19(25)27-13(2)3)14(4)23-20-21-12-22-24(18)20/h7-10,12-13,18H,5-6,11H2,1-4H3,(H,21,22,23)/t18-/m1/s1. The summed E-state index contributed by atoms with van der Waals surface area (Å²) in [5.41, 5.74) is 2.16. The summed E-state index contributed by atoms with van der Waals surface area (Å²) in [6.07, 6.45) is 3.38. The molecular weight excluding hydrogens is 344 g/mol. The number of allylic oxidation sites excluding steroid dienone is 1. The van der Waals surface area contributed by atoms with Crippen LogP contribution in [0.5, 0.6) is 5.75 Å². The van der Waals surface area contributed by atoms with Gasteiger partial charge in [-0.3, -0.25) is 0 Å². The van der Waals surface area contributed by atoms with Crippen molar-refractivity contribution in [1.29, 1.82) is 0 Å². The molecule has 0 amide bonds. The zero-order chi connectivity index (χ0) is 19.4. The Morgan fingerprint density at radius 1 is 1.30 bits per heavy atom. The van der Waals surface area contributed by atoms with E-state index in [0.717, 1.165) is 29.9 Å². The molecule has 7 nitrogen and oxygen atoms in total. The molecule has 1 aromatic carbocycles. The van der Waals surface area contributed by atoms with E-state index in [9.17, 15) is 4.79 Å². The lowest BCUT2D eigenvalue weighted by Crippen LogP contribution is -2.30. The molecule has 0 spiro atoms. The second kappa shape index (κ2) is 8.24. The van der Waals surface area contributed by atoms with Crippen molar-refractivity contribution in [3.8, 4) is 5.75 Å². The maximum atomic E-state index is 12.8. The van der Waals surface area contributed by atoms with Crippen LogP contribution in [-0.2, 0) is 9.53 Å². The zero-order valence-electron chi connectivity index (χ0n) is 16.2. The van der Waals surface area contributed by atoms with Crippen LogP contribution in [0.3, 0.4) is 0 Å². The van der Waals surface area contributed by atoms with Crippen molar-refractivity contribution in [3.05, 3.63) is 47.4 Å². The van der Waals surface area contributed by atoms with E-state index >= 15 is 0 Å². The van der Waals surface area contributed by atoms with Crippen molar-refractivity contribution in [1.82, 2.24) is 14.8 Å². The summed E-state index contributed by atoms with van der Waals surface area (Å²) in [4.78, 5) is 17.0. The number of nitrogens with zero attached hydrogens (tertiary/aromatic N) is 3. The van der Waals surface area contributed by atoms with E-state index in [2.05, 4.69) is 22.3 Å². The maximum absolute atomic E-state index is 12.8. The smallest absolute Gasteiger partial charge is 0.338 e. The van der Waals surface area contributed by atoms with Gasteiger partial charge in [-0.2, -0.15) is 10.1 Å². The average molecular weight is 370 g/mol. The average Bonchev–Trinajstić information content (AvgIpc) is 3.08. The van der Waals surface area contributed by atoms with Gasteiger partial charge < -0.3 is 14.8 Å². The highest BCUT2D eigenvalue weighted by molar-refractivity contribution is 5.92. The minimum Gasteiger partial charge on any atom is -0.494 e. The second-order valence-electron chi connectivity index (χ2n) is 6.82. The third-order valence-corrected chi connectivity index (χ3v) is 4.32. The topological polar surface area (TPSA) is 78.3 Å². The summed E-state index contributed by atoms with van der Waals surface area (Å²) >= 11 is 0. The van der Waals surface area contributed by atoms with Crippen LogP contribution in [0.15, 0.2) is 41.9 Å². The molecule has 0 fully saturated rings. The molecule has 0 saturated heterocycles. The normalized spacial score (nSPS) is 16.1. The Morgan fingerprint density at radius 2 is 2.04 bits per heavy atom. The minimum absolute atomic E-state index is 0.204. The molecule has 0 saturated carbocycles. The maximum Gasteiger partial charge on any atom is 0.338 e. The molecule has 3 rings (SSSR count). The predicted molar refractivity (Wildman–Crippen MR) is 103 cm³/mol. The van der Waals surface area contributed by atoms with E-state index < -0.39 is 6.04 Å². The fraction of sp³-hybridized carbons (Fsp3) is 0.450. The van der Waals surface area contributed by atoms with Gasteiger partial charge in [0.15, 0.2) is 0 Å². The summed E-state index contributed by atoms with van der Waals surface area (Å²) in [5.74, 6) is 1.05. The highest BCUT2D eigenvalue weighted by Gasteiger charge is 2.34. The van der Waals surface area contributed by atoms with Crippen LogP contribution in [0.25, 0.3) is 0 Å². The number of esters is 1. The largest absolute Gasteiger partial charge is 0.494 e. The van der Waals surface area contributed by atoms with Crippen LogP contribution < -0.4 is 10.1 Å². The molecule has 0 bridgehead atoms. The molecular formula is C20H26N4O3. The molecule has 144 valence electrons. The fourth-order valence-electron chi connectivity index (χ4n) is 3.02. The molecule has 7 heteroatoms. The van der Waals surface area contributed by atoms with E-state index in [-0.39, 0.29) is 12.1 Å². The number of unbranched alkanes of at least 4 members (excludes halogenated alkanes) is 1. The molecule has 1 aromatic heterocycles. The molecule has 1 atom stereocenters. The lowest BCUT2D eigenvalue weighted by atomic mass is 9.95. The minimum atomic E-state index is -0.403. The first-order valence-corrected chi connectivity index (χ1v) is 9.32. The Morgan fingerprint density at radius 3 is 2.70 bits per heavy atom. The molecule has 1 aliphatic rings. The fourth-order valence-corrected chi connectivity index (χ4v) is 3.02. The van der Waals surface area contributed by atoms with Crippen molar-refractivity contribution < 1.29 is 14.3 Å². The Bertz CT molecular complexity index is 824. The first kappa shape index (κ1) is 18.9. The lowest BCUT2D eigenvalue weighted by molar-refractivity contribution is -0.143. The van der Waals surface area contributed by atoms with Gasteiger partial charge in [0.05, 0.1) is 18.3 Å². The number of nitrogens with one attached hydrogen (secondary N) is 1. The molecule has 2 heterocycles. The van der Waals surface area contributed by atoms with Crippen LogP contribution in [0.1, 0.15) is 52.1 Å². The Kier molecular flexibility index (Phi) is 5.78. The Labute approximate surface area is 159 Å². The van der Waals surface area contributed by atoms with Gasteiger partial charge in [0.25, 0.3) is 0 Å². The third kappa shape index (κ3) is 4.13. The lowest BCUT2D eigenvalue weighted by Gasteiger charge is -2.28. The first-order chi connectivity index (χ1) is 13.0. The molecule has 0 radical (unpaired) electrons. The second-order valence-corrected chi connectivity index (χ2v) is 6.82. The van der Waals surface area contributed by atoms with E-state index in [0.29, 0.717) is 18.1 Å². The number of carbonyl (C=O) groups excluding carboxylic acids is 1. The van der Waals surface area contributed by atoms with Gasteiger partial charge >= 0.3 is 5.97 Å². The Hall–Kier alpha value is -2.83. The molecule has 2 aromatic rings. The Balaban J connectivity index is 1.93. The van der Waals surface area contributed by atoms with Gasteiger partial charge in [0.1, 0.15) is 18.1 Å². The van der Waals surface area contributed by atoms with Crippen molar-refractivity contribution in [3.63, 3.8) is 0 Å². The van der Waals surface area contributed by atoms with Crippen molar-refractivity contribution >= 4 is 11.9 Å². The molecule has 1 aliphatic heterocycles. The molecule has 27 heavy (non-hydrogen) atoms. The van der Waals surface area contributed by atoms with Gasteiger partial charge in [0.2, 0.25) is 5.95 Å². The number of hydrogen-bond acceptors (Lipinski definition) is 6. The number of hydrogen-bond donors (Lipinski definition) is 1. The van der Waals surface area contributed by atoms with Crippen LogP contribution in [0.4, 0.5) is 5.95 Å². The summed E-state index contributed by atoms with van der Waals surface area (Å²) in [6.45, 7) is 8.35. The number of anilines is 1. The SMILES string of the molecule is CCCCOc1ccc([C@@H]2C(C(=O)OC(C)C)=C(C)Nc3ncnn32)cc1. The van der Waals surface area contributed by atoms with E-state index in [1.54, 1.807) is 4.68 Å². The molecule has 0 unspecified atom stereocenters. The van der Waals surface area contributed by atoms with Gasteiger partial charge in [-0.05, 0) is 44.9 Å². The van der Waals surface area contributed by atoms with Crippen LogP contribution in [0.2, 0.25) is 0 Å². The summed E-state index contributed by atoms with van der Waals surface area (Å²) in [6, 6.07) is 7.35. The predicted octanol–water partition coefficient (Wildman–Crippen LogP) is 3.70. The summed E-state index contributed by atoms with van der Waals surface area (Å²) in [7, 11) is 0. The highest BCUT2D eigenvalue weighted by atomic mass is 16.5. The van der Waals surface area contributed by atoms with Crippen molar-refractivity contribution in [2.45, 2.75) is 52.7 Å². The summed E-state index contributed by atoms with van der Waals surface area (Å²) in [5, 5.41) is 7.45. The number of fused-ring (bicyclic) bond motifs is 1. The van der Waals surface area contributed by atoms with Crippen molar-refractivity contribution in [2.24, 2.45) is 0 Å². The van der Waals surface area contributed by atoms with Crippen LogP contribution in [-0.4, -0.2) is 33.4 Å². The number of carbonyl (C=O) groups is 1. The van der Waals surface area contributed by atoms with E-state index in [1.165, 1.54) is 6.33 Å². The number of ether oxygens (including phenoxy) is 2. The third-order valence-electron chi connectivity index (χ3n) is 4.32. The zero-order valence-corrected chi connectivity index (χ0v) is 16.2. The number of rotatable bonds is 7. The number of benzene rings is 1. The number of aromatic nitrogens is 3. The van der Waals surface area contributed by atoms with Gasteiger partial charge in [-0.1, -0.05) is 25.5 Å². The molecule has 1 N–H and O–H groups in total. The quantitative estimate of drug-likeness (QED) is 0.591. The van der Waals surface area contributed by atoms with E-state index in [1.807, 2.05) is 45.0 Å². The van der Waals surface area contributed by atoms with Gasteiger partial charge in [-0.15, -0.1) is 0 Å². The first-order valence-electron chi connectivity index (χ1n) is 9.32. The highest BCUT2D eigenvalue weighted by Crippen LogP contribution is 2.35.